The van der Waals surface area contributed by atoms with Crippen LogP contribution in [-0.4, -0.2) is 39.0 Å². The predicted octanol–water partition coefficient (Wildman–Crippen LogP) is 2.02. The molecule has 3 N–H and O–H groups in total. The smallest absolute Gasteiger partial charge is 0.870 e. The van der Waals surface area contributed by atoms with Gasteiger partial charge in [0.1, 0.15) is 0 Å². The monoisotopic (exact) mass is 304 g/mol. The molecular formula is C10H16O3Sn. The molecule has 0 aliphatic carbocycles. The molecule has 0 fully saturated rings. The maximum absolute atomic E-state index is 2.30. The van der Waals surface area contributed by atoms with Gasteiger partial charge >= 0.3 is 82.1 Å². The van der Waals surface area contributed by atoms with Crippen LogP contribution < -0.4 is 0 Å². The van der Waals surface area contributed by atoms with Gasteiger partial charge in [0.25, 0.3) is 0 Å². The molecule has 0 heterocycles. The van der Waals surface area contributed by atoms with Crippen LogP contribution in [0.25, 0.3) is 0 Å². The van der Waals surface area contributed by atoms with Gasteiger partial charge in [-0.15, -0.1) is 0 Å². The van der Waals surface area contributed by atoms with E-state index in [4.69, 9.17) is 0 Å². The summed E-state index contributed by atoms with van der Waals surface area (Å²) >= 11 is 1.62. The molecule has 4 heteroatoms. The molecule has 0 atom stereocenters. The molecule has 0 radical (unpaired) electrons. The summed E-state index contributed by atoms with van der Waals surface area (Å²) in [5, 5.41) is 0. The Bertz CT molecular complexity index is 224. The Morgan fingerprint density at radius 3 is 1.79 bits per heavy atom. The third-order valence-electron chi connectivity index (χ3n) is 2.00. The summed E-state index contributed by atoms with van der Waals surface area (Å²) in [4.78, 5) is 0. The van der Waals surface area contributed by atoms with Crippen molar-refractivity contribution in [2.75, 3.05) is 0 Å². The van der Waals surface area contributed by atoms with Gasteiger partial charge < -0.3 is 16.4 Å². The molecule has 1 aromatic rings. The van der Waals surface area contributed by atoms with Gasteiger partial charge in [0.15, 0.2) is 0 Å². The van der Waals surface area contributed by atoms with Crippen LogP contribution in [-0.2, 0) is 5.41 Å². The molecule has 0 unspecified atom stereocenters. The molecule has 0 bridgehead atoms. The molecule has 0 aliphatic rings. The number of hydrogen-bond donors (Lipinski definition) is 0. The summed E-state index contributed by atoms with van der Waals surface area (Å²) in [5.41, 5.74) is 1.83. The maximum Gasteiger partial charge on any atom is -0.870 e. The van der Waals surface area contributed by atoms with Gasteiger partial charge in [0.2, 0.25) is 0 Å². The molecule has 3 nitrogen and oxygen atoms in total. The van der Waals surface area contributed by atoms with Gasteiger partial charge in [0.05, 0.1) is 0 Å². The molecule has 14 heavy (non-hydrogen) atoms. The fraction of sp³-hybridized carbons (Fsp3) is 0.400. The zero-order chi connectivity index (χ0) is 8.32. The average Bonchev–Trinajstić information content (AvgIpc) is 2.06. The second-order valence-electron chi connectivity index (χ2n) is 3.43. The van der Waals surface area contributed by atoms with Crippen LogP contribution in [0.3, 0.4) is 0 Å². The van der Waals surface area contributed by atoms with E-state index in [0.717, 1.165) is 0 Å². The van der Waals surface area contributed by atoms with Crippen LogP contribution in [0.1, 0.15) is 19.4 Å². The standard InChI is InChI=1S/C10H13.3H2O.Sn/c1-10(2,3)9-7-5-4-6-8-9;;;;/h4-8H,1H2,2-3H3;3*1H2;/q;;;;+3/p-3. The van der Waals surface area contributed by atoms with E-state index in [1.807, 2.05) is 0 Å². The van der Waals surface area contributed by atoms with Gasteiger partial charge in [0, 0.05) is 0 Å². The largest absolute Gasteiger partial charge is 0.870 e. The van der Waals surface area contributed by atoms with E-state index in [1.54, 1.807) is 22.5 Å². The first-order chi connectivity index (χ1) is 5.17. The Kier molecular flexibility index (Phi) is 11.4. The van der Waals surface area contributed by atoms with E-state index in [1.165, 1.54) is 10.0 Å². The van der Waals surface area contributed by atoms with Gasteiger partial charge in [-0.05, 0) is 0 Å². The first-order valence-electron chi connectivity index (χ1n) is 3.87. The van der Waals surface area contributed by atoms with Crippen LogP contribution in [0.4, 0.5) is 0 Å². The second-order valence-corrected chi connectivity index (χ2v) is 4.44. The fourth-order valence-electron chi connectivity index (χ4n) is 0.991. The van der Waals surface area contributed by atoms with Crippen LogP contribution in [0.15, 0.2) is 30.3 Å². The zero-order valence-corrected chi connectivity index (χ0v) is 11.3. The van der Waals surface area contributed by atoms with E-state index in [-0.39, 0.29) is 16.4 Å². The summed E-state index contributed by atoms with van der Waals surface area (Å²) in [6, 6.07) is 10.7. The Balaban J connectivity index is -0.000000403. The summed E-state index contributed by atoms with van der Waals surface area (Å²) in [6.45, 7) is 4.61. The molecule has 78 valence electrons. The van der Waals surface area contributed by atoms with Gasteiger partial charge in [-0.2, -0.15) is 0 Å². The molecule has 1 rings (SSSR count). The molecular weight excluding hydrogens is 287 g/mol. The third-order valence-corrected chi connectivity index (χ3v) is 4.52. The Labute approximate surface area is 98.5 Å². The Morgan fingerprint density at radius 1 is 1.00 bits per heavy atom. The van der Waals surface area contributed by atoms with Crippen LogP contribution >= 0.6 is 0 Å². The third kappa shape index (κ3) is 4.95. The molecule has 1 aromatic carbocycles. The van der Waals surface area contributed by atoms with Crippen molar-refractivity contribution < 1.29 is 16.4 Å². The topological polar surface area (TPSA) is 90.0 Å². The van der Waals surface area contributed by atoms with Crippen molar-refractivity contribution >= 4 is 22.5 Å². The van der Waals surface area contributed by atoms with Crippen LogP contribution in [0, 0.1) is 0 Å². The van der Waals surface area contributed by atoms with Crippen molar-refractivity contribution in [1.82, 2.24) is 0 Å². The van der Waals surface area contributed by atoms with Crippen LogP contribution in [0.5, 0.6) is 0 Å². The Morgan fingerprint density at radius 2 is 1.43 bits per heavy atom. The van der Waals surface area contributed by atoms with Crippen molar-refractivity contribution in [2.45, 2.75) is 23.7 Å². The maximum atomic E-state index is 2.30. The summed E-state index contributed by atoms with van der Waals surface area (Å²) in [5.74, 6) is 0. The minimum absolute atomic E-state index is 0. The van der Waals surface area contributed by atoms with E-state index in [0.29, 0.717) is 5.41 Å². The Hall–Kier alpha value is -0.101. The molecule has 0 saturated carbocycles. The summed E-state index contributed by atoms with van der Waals surface area (Å²) in [6.07, 6.45) is 0. The first-order valence-corrected chi connectivity index (χ1v) is 5.89. The van der Waals surface area contributed by atoms with Crippen molar-refractivity contribution in [3.05, 3.63) is 35.9 Å². The molecule has 0 saturated heterocycles. The number of rotatable bonds is 2. The normalized spacial score (nSPS) is 9.14. The van der Waals surface area contributed by atoms with Crippen LogP contribution in [0.2, 0.25) is 4.44 Å². The predicted molar refractivity (Wildman–Crippen MR) is 55.8 cm³/mol. The average molecular weight is 303 g/mol. The van der Waals surface area contributed by atoms with E-state index in [9.17, 15) is 0 Å². The van der Waals surface area contributed by atoms with Crippen molar-refractivity contribution in [3.8, 4) is 0 Å². The summed E-state index contributed by atoms with van der Waals surface area (Å²) in [7, 11) is 0. The molecule has 0 aliphatic heterocycles. The number of hydrogen-bond acceptors (Lipinski definition) is 3. The van der Waals surface area contributed by atoms with Crippen molar-refractivity contribution in [2.24, 2.45) is 0 Å². The van der Waals surface area contributed by atoms with Crippen molar-refractivity contribution in [3.63, 3.8) is 0 Å². The van der Waals surface area contributed by atoms with Crippen molar-refractivity contribution in [1.29, 1.82) is 0 Å². The molecule has 0 amide bonds. The van der Waals surface area contributed by atoms with Gasteiger partial charge in [-0.25, -0.2) is 0 Å². The molecule has 0 aromatic heterocycles. The SMILES string of the molecule is CC(C)([CH2][Sn+3])c1ccccc1.[OH-].[OH-].[OH-]. The number of benzene rings is 1. The van der Waals surface area contributed by atoms with Gasteiger partial charge in [-0.3, -0.25) is 0 Å². The second kappa shape index (κ2) is 8.23. The minimum atomic E-state index is 0. The van der Waals surface area contributed by atoms with E-state index < -0.39 is 0 Å². The van der Waals surface area contributed by atoms with E-state index in [2.05, 4.69) is 44.2 Å². The zero-order valence-electron chi connectivity index (χ0n) is 8.44. The van der Waals surface area contributed by atoms with Gasteiger partial charge in [-0.1, -0.05) is 0 Å². The quantitative estimate of drug-likeness (QED) is 0.783. The minimum Gasteiger partial charge on any atom is -0.870 e. The first kappa shape index (κ1) is 19.5. The summed E-state index contributed by atoms with van der Waals surface area (Å²) < 4.78 is 1.28. The fourth-order valence-corrected chi connectivity index (χ4v) is 1.57. The van der Waals surface area contributed by atoms with E-state index >= 15 is 0 Å². The molecule has 0 spiro atoms.